The Kier molecular flexibility index (Phi) is 3.66. The molecule has 0 spiro atoms. The van der Waals surface area contributed by atoms with Crippen LogP contribution in [0.5, 0.6) is 0 Å². The third kappa shape index (κ3) is 2.65. The van der Waals surface area contributed by atoms with Gasteiger partial charge in [-0.1, -0.05) is 11.6 Å². The molecule has 0 unspecified atom stereocenters. The van der Waals surface area contributed by atoms with Crippen LogP contribution in [0.2, 0.25) is 0 Å². The van der Waals surface area contributed by atoms with Crippen LogP contribution >= 0.6 is 11.8 Å². The maximum absolute atomic E-state index is 5.43. The zero-order chi connectivity index (χ0) is 11.5. The van der Waals surface area contributed by atoms with E-state index in [9.17, 15) is 0 Å². The summed E-state index contributed by atoms with van der Waals surface area (Å²) in [7, 11) is 0. The van der Waals surface area contributed by atoms with Gasteiger partial charge in [0.2, 0.25) is 5.89 Å². The normalized spacial score (nSPS) is 27.2. The molecule has 0 aromatic carbocycles. The Bertz CT molecular complexity index is 325. The largest absolute Gasteiger partial charge is 0.381 e. The molecule has 94 valence electrons. The predicted molar refractivity (Wildman–Crippen MR) is 66.1 cm³/mol. The van der Waals surface area contributed by atoms with Crippen LogP contribution in [0.15, 0.2) is 4.52 Å². The van der Waals surface area contributed by atoms with Crippen LogP contribution in [0.1, 0.15) is 55.0 Å². The maximum atomic E-state index is 5.43. The summed E-state index contributed by atoms with van der Waals surface area (Å²) in [6.45, 7) is 1.64. The van der Waals surface area contributed by atoms with Gasteiger partial charge in [-0.2, -0.15) is 16.7 Å². The van der Waals surface area contributed by atoms with Gasteiger partial charge in [0.15, 0.2) is 5.82 Å². The molecule has 2 fully saturated rings. The molecule has 1 atom stereocenters. The minimum Gasteiger partial charge on any atom is -0.381 e. The van der Waals surface area contributed by atoms with Crippen molar-refractivity contribution in [2.45, 2.75) is 43.3 Å². The van der Waals surface area contributed by atoms with E-state index in [2.05, 4.69) is 10.1 Å². The molecular formula is C12H18N2O2S. The van der Waals surface area contributed by atoms with E-state index >= 15 is 0 Å². The van der Waals surface area contributed by atoms with Crippen molar-refractivity contribution < 1.29 is 9.26 Å². The third-order valence-corrected chi connectivity index (χ3v) is 4.87. The van der Waals surface area contributed by atoms with Gasteiger partial charge in [0.25, 0.3) is 0 Å². The first-order valence-corrected chi connectivity index (χ1v) is 7.51. The van der Waals surface area contributed by atoms with E-state index in [-0.39, 0.29) is 0 Å². The van der Waals surface area contributed by atoms with Gasteiger partial charge >= 0.3 is 0 Å². The van der Waals surface area contributed by atoms with Crippen molar-refractivity contribution >= 4 is 11.8 Å². The zero-order valence-corrected chi connectivity index (χ0v) is 10.7. The van der Waals surface area contributed by atoms with Gasteiger partial charge in [0.1, 0.15) is 0 Å². The summed E-state index contributed by atoms with van der Waals surface area (Å²) < 4.78 is 10.8. The Morgan fingerprint density at radius 3 is 2.76 bits per heavy atom. The van der Waals surface area contributed by atoms with Gasteiger partial charge in [-0.05, 0) is 31.4 Å². The van der Waals surface area contributed by atoms with Crippen LogP contribution in [-0.2, 0) is 4.74 Å². The van der Waals surface area contributed by atoms with Crippen LogP contribution in [0.25, 0.3) is 0 Å². The van der Waals surface area contributed by atoms with Crippen molar-refractivity contribution in [2.75, 3.05) is 19.0 Å². The fourth-order valence-electron chi connectivity index (χ4n) is 2.43. The second-order valence-electron chi connectivity index (χ2n) is 4.73. The molecule has 0 N–H and O–H groups in total. The van der Waals surface area contributed by atoms with Crippen molar-refractivity contribution in [3.05, 3.63) is 11.7 Å². The molecule has 0 radical (unpaired) electrons. The molecule has 2 saturated heterocycles. The van der Waals surface area contributed by atoms with Crippen molar-refractivity contribution in [1.29, 1.82) is 0 Å². The van der Waals surface area contributed by atoms with E-state index in [4.69, 9.17) is 9.26 Å². The third-order valence-electron chi connectivity index (χ3n) is 3.50. The smallest absolute Gasteiger partial charge is 0.229 e. The Hall–Kier alpha value is -0.550. The molecule has 0 bridgehead atoms. The van der Waals surface area contributed by atoms with Gasteiger partial charge < -0.3 is 9.26 Å². The summed E-state index contributed by atoms with van der Waals surface area (Å²) in [4.78, 5) is 4.60. The van der Waals surface area contributed by atoms with Gasteiger partial charge in [0.05, 0.1) is 5.25 Å². The minimum absolute atomic E-state index is 0.415. The summed E-state index contributed by atoms with van der Waals surface area (Å²) >= 11 is 1.97. The lowest BCUT2D eigenvalue weighted by atomic mass is 10.0. The first-order chi connectivity index (χ1) is 8.43. The molecule has 1 aromatic rings. The van der Waals surface area contributed by atoms with E-state index in [0.29, 0.717) is 11.2 Å². The van der Waals surface area contributed by atoms with Crippen LogP contribution in [0, 0.1) is 0 Å². The summed E-state index contributed by atoms with van der Waals surface area (Å²) in [6.07, 6.45) is 5.83. The molecule has 17 heavy (non-hydrogen) atoms. The minimum atomic E-state index is 0.415. The summed E-state index contributed by atoms with van der Waals surface area (Å²) in [5, 5.41) is 4.63. The highest BCUT2D eigenvalue weighted by atomic mass is 32.2. The lowest BCUT2D eigenvalue weighted by Gasteiger charge is -2.18. The van der Waals surface area contributed by atoms with E-state index in [1.807, 2.05) is 11.8 Å². The molecule has 3 rings (SSSR count). The molecule has 4 nitrogen and oxygen atoms in total. The lowest BCUT2D eigenvalue weighted by Crippen LogP contribution is -2.14. The molecular weight excluding hydrogens is 236 g/mol. The van der Waals surface area contributed by atoms with E-state index in [0.717, 1.165) is 37.8 Å². The zero-order valence-electron chi connectivity index (χ0n) is 9.93. The highest BCUT2D eigenvalue weighted by Crippen LogP contribution is 2.37. The molecule has 0 aliphatic carbocycles. The molecule has 1 aromatic heterocycles. The molecule has 3 heterocycles. The summed E-state index contributed by atoms with van der Waals surface area (Å²) in [6, 6.07) is 0. The van der Waals surface area contributed by atoms with Gasteiger partial charge in [0, 0.05) is 19.1 Å². The number of nitrogens with zero attached hydrogens (tertiary/aromatic N) is 2. The Labute approximate surface area is 105 Å². The monoisotopic (exact) mass is 254 g/mol. The van der Waals surface area contributed by atoms with Gasteiger partial charge in [-0.25, -0.2) is 0 Å². The average Bonchev–Trinajstić information content (AvgIpc) is 2.90. The lowest BCUT2D eigenvalue weighted by molar-refractivity contribution is 0.0778. The fraction of sp³-hybridized carbons (Fsp3) is 0.833. The number of hydrogen-bond donors (Lipinski definition) is 0. The second-order valence-corrected chi connectivity index (χ2v) is 6.04. The van der Waals surface area contributed by atoms with E-state index in [1.54, 1.807) is 0 Å². The number of rotatable bonds is 2. The molecule has 0 saturated carbocycles. The predicted octanol–water partition coefficient (Wildman–Crippen LogP) is 2.92. The first kappa shape index (κ1) is 11.5. The van der Waals surface area contributed by atoms with Crippen LogP contribution in [-0.4, -0.2) is 29.1 Å². The summed E-state index contributed by atoms with van der Waals surface area (Å²) in [5.41, 5.74) is 0. The Balaban J connectivity index is 1.68. The topological polar surface area (TPSA) is 48.2 Å². The van der Waals surface area contributed by atoms with Crippen molar-refractivity contribution in [1.82, 2.24) is 10.1 Å². The fourth-order valence-corrected chi connectivity index (χ4v) is 3.67. The highest BCUT2D eigenvalue weighted by Gasteiger charge is 2.25. The standard InChI is InChI=1S/C12H18N2O2S/c1-2-8-17-10(3-1)11-13-12(16-14-11)9-4-6-15-7-5-9/h9-10H,1-8H2/t10-/m0/s1. The molecule has 5 heteroatoms. The number of hydrogen-bond acceptors (Lipinski definition) is 5. The van der Waals surface area contributed by atoms with Crippen molar-refractivity contribution in [3.8, 4) is 0 Å². The molecule has 2 aliphatic heterocycles. The SMILES string of the molecule is C1CC[C@@H](c2noc(C3CCOCC3)n2)SC1. The first-order valence-electron chi connectivity index (χ1n) is 6.46. The van der Waals surface area contributed by atoms with E-state index < -0.39 is 0 Å². The molecule has 0 amide bonds. The van der Waals surface area contributed by atoms with Gasteiger partial charge in [-0.15, -0.1) is 0 Å². The number of aromatic nitrogens is 2. The number of thioether (sulfide) groups is 1. The van der Waals surface area contributed by atoms with Crippen LogP contribution in [0.3, 0.4) is 0 Å². The van der Waals surface area contributed by atoms with Crippen LogP contribution < -0.4 is 0 Å². The van der Waals surface area contributed by atoms with Crippen molar-refractivity contribution in [2.24, 2.45) is 0 Å². The van der Waals surface area contributed by atoms with Crippen molar-refractivity contribution in [3.63, 3.8) is 0 Å². The number of ether oxygens (including phenoxy) is 1. The summed E-state index contributed by atoms with van der Waals surface area (Å²) in [5.74, 6) is 3.38. The highest BCUT2D eigenvalue weighted by molar-refractivity contribution is 7.99. The average molecular weight is 254 g/mol. The Morgan fingerprint density at radius 2 is 2.00 bits per heavy atom. The molecule has 2 aliphatic rings. The Morgan fingerprint density at radius 1 is 1.12 bits per heavy atom. The maximum Gasteiger partial charge on any atom is 0.229 e. The van der Waals surface area contributed by atoms with Gasteiger partial charge in [-0.3, -0.25) is 0 Å². The van der Waals surface area contributed by atoms with Crippen LogP contribution in [0.4, 0.5) is 0 Å². The quantitative estimate of drug-likeness (QED) is 0.812. The van der Waals surface area contributed by atoms with E-state index in [1.165, 1.54) is 25.0 Å². The second kappa shape index (κ2) is 5.40.